The van der Waals surface area contributed by atoms with Crippen molar-refractivity contribution in [3.8, 4) is 5.75 Å². The Morgan fingerprint density at radius 3 is 3.10 bits per heavy atom. The van der Waals surface area contributed by atoms with Crippen molar-refractivity contribution >= 4 is 17.6 Å². The molecule has 0 fully saturated rings. The maximum Gasteiger partial charge on any atom is 0.264 e. The van der Waals surface area contributed by atoms with Crippen molar-refractivity contribution in [2.45, 2.75) is 12.8 Å². The van der Waals surface area contributed by atoms with Crippen LogP contribution in [0.5, 0.6) is 5.75 Å². The van der Waals surface area contributed by atoms with Crippen LogP contribution in [0.4, 0.5) is 5.95 Å². The lowest BCUT2D eigenvalue weighted by Crippen LogP contribution is -2.20. The molecule has 3 rings (SSSR count). The van der Waals surface area contributed by atoms with E-state index in [1.165, 1.54) is 6.33 Å². The van der Waals surface area contributed by atoms with E-state index in [1.807, 2.05) is 6.07 Å². The van der Waals surface area contributed by atoms with Crippen LogP contribution in [0.3, 0.4) is 0 Å². The Kier molecular flexibility index (Phi) is 3.16. The summed E-state index contributed by atoms with van der Waals surface area (Å²) < 4.78 is 5.36. The Labute approximate surface area is 114 Å². The SMILES string of the molecule is O=C(COc1ccc2c(c1)C(=O)CC2)Nc1ncn[nH]1. The van der Waals surface area contributed by atoms with Gasteiger partial charge in [-0.1, -0.05) is 6.07 Å². The Bertz CT molecular complexity index is 652. The molecule has 2 N–H and O–H groups in total. The lowest BCUT2D eigenvalue weighted by atomic mass is 10.1. The molecular weight excluding hydrogens is 260 g/mol. The Hall–Kier alpha value is -2.70. The highest BCUT2D eigenvalue weighted by Crippen LogP contribution is 2.26. The molecule has 1 aromatic carbocycles. The van der Waals surface area contributed by atoms with Crippen molar-refractivity contribution < 1.29 is 14.3 Å². The topological polar surface area (TPSA) is 97.0 Å². The van der Waals surface area contributed by atoms with Crippen LogP contribution in [0.25, 0.3) is 0 Å². The molecule has 1 amide bonds. The van der Waals surface area contributed by atoms with Crippen LogP contribution in [-0.2, 0) is 11.2 Å². The van der Waals surface area contributed by atoms with E-state index in [-0.39, 0.29) is 24.2 Å². The van der Waals surface area contributed by atoms with E-state index >= 15 is 0 Å². The molecule has 0 spiro atoms. The second-order valence-corrected chi connectivity index (χ2v) is 4.41. The standard InChI is InChI=1S/C13H12N4O3/c18-11-4-2-8-1-3-9(5-10(8)11)20-6-12(19)16-13-14-7-15-17-13/h1,3,5,7H,2,4,6H2,(H2,14,15,16,17,19). The van der Waals surface area contributed by atoms with Crippen LogP contribution in [0, 0.1) is 0 Å². The number of aryl methyl sites for hydroxylation is 1. The van der Waals surface area contributed by atoms with E-state index in [4.69, 9.17) is 4.74 Å². The maximum atomic E-state index is 11.6. The molecule has 0 radical (unpaired) electrons. The molecule has 0 saturated carbocycles. The summed E-state index contributed by atoms with van der Waals surface area (Å²) >= 11 is 0. The van der Waals surface area contributed by atoms with Crippen molar-refractivity contribution in [3.63, 3.8) is 0 Å². The van der Waals surface area contributed by atoms with Crippen LogP contribution >= 0.6 is 0 Å². The van der Waals surface area contributed by atoms with Gasteiger partial charge in [0.1, 0.15) is 12.1 Å². The number of hydrogen-bond donors (Lipinski definition) is 2. The zero-order valence-corrected chi connectivity index (χ0v) is 10.5. The molecule has 7 heteroatoms. The van der Waals surface area contributed by atoms with Gasteiger partial charge in [0, 0.05) is 12.0 Å². The average Bonchev–Trinajstić information content (AvgIpc) is 3.07. The van der Waals surface area contributed by atoms with E-state index in [1.54, 1.807) is 12.1 Å². The lowest BCUT2D eigenvalue weighted by molar-refractivity contribution is -0.118. The van der Waals surface area contributed by atoms with Crippen LogP contribution in [-0.4, -0.2) is 33.5 Å². The molecule has 20 heavy (non-hydrogen) atoms. The highest BCUT2D eigenvalue weighted by atomic mass is 16.5. The van der Waals surface area contributed by atoms with Crippen LogP contribution in [0.15, 0.2) is 24.5 Å². The largest absolute Gasteiger partial charge is 0.484 e. The van der Waals surface area contributed by atoms with E-state index < -0.39 is 0 Å². The molecule has 1 heterocycles. The number of rotatable bonds is 4. The molecule has 0 atom stereocenters. The molecule has 0 unspecified atom stereocenters. The van der Waals surface area contributed by atoms with Gasteiger partial charge in [-0.05, 0) is 24.1 Å². The van der Waals surface area contributed by atoms with Crippen LogP contribution < -0.4 is 10.1 Å². The van der Waals surface area contributed by atoms with Gasteiger partial charge in [0.05, 0.1) is 0 Å². The second-order valence-electron chi connectivity index (χ2n) is 4.41. The van der Waals surface area contributed by atoms with Gasteiger partial charge in [-0.3, -0.25) is 14.9 Å². The van der Waals surface area contributed by atoms with Gasteiger partial charge in [-0.25, -0.2) is 5.10 Å². The van der Waals surface area contributed by atoms with E-state index in [0.717, 1.165) is 12.0 Å². The third kappa shape index (κ3) is 2.51. The first-order valence-corrected chi connectivity index (χ1v) is 6.16. The number of amides is 1. The summed E-state index contributed by atoms with van der Waals surface area (Å²) in [6.07, 6.45) is 2.62. The molecule has 0 bridgehead atoms. The number of benzene rings is 1. The van der Waals surface area contributed by atoms with Gasteiger partial charge in [0.2, 0.25) is 5.95 Å². The van der Waals surface area contributed by atoms with Gasteiger partial charge >= 0.3 is 0 Å². The summed E-state index contributed by atoms with van der Waals surface area (Å²) in [5, 5.41) is 8.62. The quantitative estimate of drug-likeness (QED) is 0.863. The minimum Gasteiger partial charge on any atom is -0.484 e. The van der Waals surface area contributed by atoms with E-state index in [0.29, 0.717) is 17.7 Å². The maximum absolute atomic E-state index is 11.6. The molecule has 0 saturated heterocycles. The number of hydrogen-bond acceptors (Lipinski definition) is 5. The normalized spacial score (nSPS) is 13.1. The molecular formula is C13H12N4O3. The number of fused-ring (bicyclic) bond motifs is 1. The fourth-order valence-electron chi connectivity index (χ4n) is 2.09. The van der Waals surface area contributed by atoms with Gasteiger partial charge in [0.15, 0.2) is 12.4 Å². The smallest absolute Gasteiger partial charge is 0.264 e. The number of H-pyrrole nitrogens is 1. The van der Waals surface area contributed by atoms with Crippen molar-refractivity contribution in [1.82, 2.24) is 15.2 Å². The number of carbonyl (C=O) groups excluding carboxylic acids is 2. The fraction of sp³-hybridized carbons (Fsp3) is 0.231. The minimum absolute atomic E-state index is 0.122. The second kappa shape index (κ2) is 5.12. The number of ketones is 1. The molecule has 102 valence electrons. The predicted molar refractivity (Wildman–Crippen MR) is 69.6 cm³/mol. The zero-order chi connectivity index (χ0) is 13.9. The number of anilines is 1. The number of ether oxygens (including phenoxy) is 1. The van der Waals surface area contributed by atoms with Gasteiger partial charge in [-0.15, -0.1) is 0 Å². The summed E-state index contributed by atoms with van der Waals surface area (Å²) in [5.41, 5.74) is 1.73. The van der Waals surface area contributed by atoms with Gasteiger partial charge in [0.25, 0.3) is 5.91 Å². The highest BCUT2D eigenvalue weighted by molar-refractivity contribution is 6.00. The van der Waals surface area contributed by atoms with Crippen molar-refractivity contribution in [2.75, 3.05) is 11.9 Å². The molecule has 1 aromatic heterocycles. The summed E-state index contributed by atoms with van der Waals surface area (Å²) in [4.78, 5) is 27.0. The third-order valence-electron chi connectivity index (χ3n) is 3.05. The predicted octanol–water partition coefficient (Wildman–Crippen LogP) is 0.951. The lowest BCUT2D eigenvalue weighted by Gasteiger charge is -2.07. The van der Waals surface area contributed by atoms with Crippen molar-refractivity contribution in [1.29, 1.82) is 0 Å². The minimum atomic E-state index is -0.353. The summed E-state index contributed by atoms with van der Waals surface area (Å²) in [7, 11) is 0. The van der Waals surface area contributed by atoms with E-state index in [9.17, 15) is 9.59 Å². The first-order chi connectivity index (χ1) is 9.72. The Balaban J connectivity index is 1.60. The summed E-state index contributed by atoms with van der Waals surface area (Å²) in [6.45, 7) is -0.159. The number of nitrogens with one attached hydrogen (secondary N) is 2. The highest BCUT2D eigenvalue weighted by Gasteiger charge is 2.19. The summed E-state index contributed by atoms with van der Waals surface area (Å²) in [6, 6.07) is 5.31. The number of aromatic nitrogens is 3. The molecule has 7 nitrogen and oxygen atoms in total. The van der Waals surface area contributed by atoms with Gasteiger partial charge < -0.3 is 4.74 Å². The third-order valence-corrected chi connectivity index (χ3v) is 3.05. The number of carbonyl (C=O) groups is 2. The molecule has 1 aliphatic rings. The first kappa shape index (κ1) is 12.3. The molecule has 1 aliphatic carbocycles. The number of nitrogens with zero attached hydrogens (tertiary/aromatic N) is 2. The number of aromatic amines is 1. The first-order valence-electron chi connectivity index (χ1n) is 6.16. The van der Waals surface area contributed by atoms with Crippen molar-refractivity contribution in [2.24, 2.45) is 0 Å². The van der Waals surface area contributed by atoms with Crippen LogP contribution in [0.2, 0.25) is 0 Å². The van der Waals surface area contributed by atoms with Gasteiger partial charge in [-0.2, -0.15) is 10.1 Å². The Morgan fingerprint density at radius 2 is 2.30 bits per heavy atom. The fourth-order valence-corrected chi connectivity index (χ4v) is 2.09. The number of Topliss-reactive ketones (excluding diaryl/α,β-unsaturated/α-hetero) is 1. The average molecular weight is 272 g/mol. The van der Waals surface area contributed by atoms with Crippen molar-refractivity contribution in [3.05, 3.63) is 35.7 Å². The summed E-state index contributed by atoms with van der Waals surface area (Å²) in [5.74, 6) is 0.541. The molecule has 2 aromatic rings. The zero-order valence-electron chi connectivity index (χ0n) is 10.5. The monoisotopic (exact) mass is 272 g/mol. The van der Waals surface area contributed by atoms with Crippen LogP contribution in [0.1, 0.15) is 22.3 Å². The van der Waals surface area contributed by atoms with E-state index in [2.05, 4.69) is 20.5 Å². The Morgan fingerprint density at radius 1 is 1.40 bits per heavy atom. The molecule has 0 aliphatic heterocycles.